The zero-order chi connectivity index (χ0) is 15.1. The summed E-state index contributed by atoms with van der Waals surface area (Å²) in [5.41, 5.74) is 1.16. The highest BCUT2D eigenvalue weighted by Crippen LogP contribution is 2.24. The van der Waals surface area contributed by atoms with Crippen molar-refractivity contribution in [2.75, 3.05) is 11.9 Å². The standard InChI is InChI=1S/C15H21NO4/c1-5-19-11(4)8-12-6-7-13(9-14(12)17)16-15(18)20-10(2)3/h6-7,9-10,17H,4-5,8H2,1-3H3,(H,16,18). The Morgan fingerprint density at radius 1 is 1.45 bits per heavy atom. The summed E-state index contributed by atoms with van der Waals surface area (Å²) in [5, 5.41) is 12.5. The molecule has 0 spiro atoms. The van der Waals surface area contributed by atoms with Crippen LogP contribution in [0.5, 0.6) is 5.75 Å². The van der Waals surface area contributed by atoms with E-state index in [0.717, 1.165) is 0 Å². The van der Waals surface area contributed by atoms with E-state index in [2.05, 4.69) is 11.9 Å². The van der Waals surface area contributed by atoms with Crippen LogP contribution in [0.15, 0.2) is 30.5 Å². The van der Waals surface area contributed by atoms with Gasteiger partial charge in [-0.2, -0.15) is 0 Å². The molecule has 0 aliphatic heterocycles. The molecule has 1 rings (SSSR count). The first kappa shape index (κ1) is 15.9. The summed E-state index contributed by atoms with van der Waals surface area (Å²) in [6.07, 6.45) is -0.320. The lowest BCUT2D eigenvalue weighted by molar-refractivity contribution is 0.130. The van der Waals surface area contributed by atoms with E-state index in [4.69, 9.17) is 9.47 Å². The number of ether oxygens (including phenoxy) is 2. The van der Waals surface area contributed by atoms with Crippen molar-refractivity contribution in [1.82, 2.24) is 0 Å². The van der Waals surface area contributed by atoms with Crippen LogP contribution in [0.25, 0.3) is 0 Å². The van der Waals surface area contributed by atoms with Gasteiger partial charge in [-0.3, -0.25) is 5.32 Å². The van der Waals surface area contributed by atoms with E-state index in [0.29, 0.717) is 30.0 Å². The number of carbonyl (C=O) groups is 1. The summed E-state index contributed by atoms with van der Waals surface area (Å²) in [6.45, 7) is 9.70. The Morgan fingerprint density at radius 3 is 2.70 bits per heavy atom. The second-order valence-electron chi connectivity index (χ2n) is 4.57. The van der Waals surface area contributed by atoms with Crippen molar-refractivity contribution in [3.8, 4) is 5.75 Å². The van der Waals surface area contributed by atoms with Crippen LogP contribution >= 0.6 is 0 Å². The van der Waals surface area contributed by atoms with Gasteiger partial charge in [-0.1, -0.05) is 12.6 Å². The molecular formula is C15H21NO4. The molecule has 0 radical (unpaired) electrons. The summed E-state index contributed by atoms with van der Waals surface area (Å²) in [4.78, 5) is 11.4. The maximum absolute atomic E-state index is 11.4. The van der Waals surface area contributed by atoms with Crippen LogP contribution in [0.4, 0.5) is 10.5 Å². The van der Waals surface area contributed by atoms with Crippen molar-refractivity contribution < 1.29 is 19.4 Å². The number of allylic oxidation sites excluding steroid dienone is 1. The predicted octanol–water partition coefficient (Wildman–Crippen LogP) is 3.44. The maximum atomic E-state index is 11.4. The van der Waals surface area contributed by atoms with Gasteiger partial charge in [0.2, 0.25) is 0 Å². The van der Waals surface area contributed by atoms with E-state index in [-0.39, 0.29) is 11.9 Å². The Bertz CT molecular complexity index is 483. The fourth-order valence-corrected chi connectivity index (χ4v) is 1.62. The topological polar surface area (TPSA) is 67.8 Å². The van der Waals surface area contributed by atoms with Gasteiger partial charge in [0.25, 0.3) is 0 Å². The van der Waals surface area contributed by atoms with E-state index in [9.17, 15) is 9.90 Å². The molecule has 1 aromatic rings. The van der Waals surface area contributed by atoms with Crippen molar-refractivity contribution in [2.24, 2.45) is 0 Å². The number of aromatic hydroxyl groups is 1. The van der Waals surface area contributed by atoms with Crippen LogP contribution < -0.4 is 5.32 Å². The molecule has 110 valence electrons. The predicted molar refractivity (Wildman–Crippen MR) is 77.8 cm³/mol. The molecule has 0 aliphatic rings. The minimum atomic E-state index is -0.550. The minimum absolute atomic E-state index is 0.0770. The molecule has 1 amide bonds. The quantitative estimate of drug-likeness (QED) is 0.783. The molecular weight excluding hydrogens is 258 g/mol. The molecule has 2 N–H and O–H groups in total. The summed E-state index contributed by atoms with van der Waals surface area (Å²) < 4.78 is 10.2. The van der Waals surface area contributed by atoms with Gasteiger partial charge >= 0.3 is 6.09 Å². The number of anilines is 1. The number of phenolic OH excluding ortho intramolecular Hbond substituents is 1. The van der Waals surface area contributed by atoms with Crippen LogP contribution in [0.1, 0.15) is 26.3 Å². The fourth-order valence-electron chi connectivity index (χ4n) is 1.62. The van der Waals surface area contributed by atoms with Crippen molar-refractivity contribution in [1.29, 1.82) is 0 Å². The molecule has 5 heteroatoms. The average Bonchev–Trinajstić information content (AvgIpc) is 2.32. The summed E-state index contributed by atoms with van der Waals surface area (Å²) >= 11 is 0. The van der Waals surface area contributed by atoms with Crippen LogP contribution in [0.3, 0.4) is 0 Å². The van der Waals surface area contributed by atoms with E-state index < -0.39 is 6.09 Å². The molecule has 20 heavy (non-hydrogen) atoms. The first-order valence-corrected chi connectivity index (χ1v) is 6.52. The van der Waals surface area contributed by atoms with Crippen LogP contribution in [0.2, 0.25) is 0 Å². The number of nitrogens with one attached hydrogen (secondary N) is 1. The number of hydrogen-bond acceptors (Lipinski definition) is 4. The molecule has 0 atom stereocenters. The Hall–Kier alpha value is -2.17. The molecule has 0 fully saturated rings. The summed E-state index contributed by atoms with van der Waals surface area (Å²) in [6, 6.07) is 4.87. The normalized spacial score (nSPS) is 10.2. The van der Waals surface area contributed by atoms with Gasteiger partial charge < -0.3 is 14.6 Å². The highest BCUT2D eigenvalue weighted by Gasteiger charge is 2.09. The van der Waals surface area contributed by atoms with Crippen molar-refractivity contribution in [3.63, 3.8) is 0 Å². The largest absolute Gasteiger partial charge is 0.508 e. The third kappa shape index (κ3) is 5.22. The van der Waals surface area contributed by atoms with Gasteiger partial charge in [-0.05, 0) is 26.8 Å². The molecule has 0 bridgehead atoms. The first-order chi connectivity index (χ1) is 9.42. The molecule has 0 saturated heterocycles. The Labute approximate surface area is 119 Å². The second-order valence-corrected chi connectivity index (χ2v) is 4.57. The van der Waals surface area contributed by atoms with Gasteiger partial charge in [-0.15, -0.1) is 0 Å². The van der Waals surface area contributed by atoms with Gasteiger partial charge in [0.15, 0.2) is 0 Å². The maximum Gasteiger partial charge on any atom is 0.411 e. The van der Waals surface area contributed by atoms with Crippen LogP contribution in [-0.2, 0) is 15.9 Å². The second kappa shape index (κ2) is 7.43. The van der Waals surface area contributed by atoms with Gasteiger partial charge in [0.05, 0.1) is 18.5 Å². The highest BCUT2D eigenvalue weighted by atomic mass is 16.6. The molecule has 0 unspecified atom stereocenters. The number of phenols is 1. The van der Waals surface area contributed by atoms with Gasteiger partial charge in [-0.25, -0.2) is 4.79 Å². The number of amides is 1. The van der Waals surface area contributed by atoms with Crippen molar-refractivity contribution in [2.45, 2.75) is 33.3 Å². The zero-order valence-corrected chi connectivity index (χ0v) is 12.1. The molecule has 0 heterocycles. The minimum Gasteiger partial charge on any atom is -0.508 e. The van der Waals surface area contributed by atoms with Gasteiger partial charge in [0.1, 0.15) is 5.75 Å². The monoisotopic (exact) mass is 279 g/mol. The van der Waals surface area contributed by atoms with Crippen LogP contribution in [-0.4, -0.2) is 23.9 Å². The van der Waals surface area contributed by atoms with E-state index >= 15 is 0 Å². The first-order valence-electron chi connectivity index (χ1n) is 6.52. The summed E-state index contributed by atoms with van der Waals surface area (Å²) in [5.74, 6) is 0.663. The number of rotatable bonds is 6. The highest BCUT2D eigenvalue weighted by molar-refractivity contribution is 5.85. The van der Waals surface area contributed by atoms with Gasteiger partial charge in [0, 0.05) is 23.7 Å². The lowest BCUT2D eigenvalue weighted by Gasteiger charge is -2.12. The molecule has 0 aromatic heterocycles. The average molecular weight is 279 g/mol. The molecule has 0 aliphatic carbocycles. The zero-order valence-electron chi connectivity index (χ0n) is 12.1. The van der Waals surface area contributed by atoms with Crippen molar-refractivity contribution >= 4 is 11.8 Å². The molecule has 1 aromatic carbocycles. The lowest BCUT2D eigenvalue weighted by atomic mass is 10.1. The number of benzene rings is 1. The van der Waals surface area contributed by atoms with E-state index in [1.807, 2.05) is 6.92 Å². The third-order valence-corrected chi connectivity index (χ3v) is 2.41. The smallest absolute Gasteiger partial charge is 0.411 e. The lowest BCUT2D eigenvalue weighted by Crippen LogP contribution is -2.17. The Kier molecular flexibility index (Phi) is 5.90. The number of carbonyl (C=O) groups excluding carboxylic acids is 1. The molecule has 5 nitrogen and oxygen atoms in total. The fraction of sp³-hybridized carbons (Fsp3) is 0.400. The Balaban J connectivity index is 2.68. The van der Waals surface area contributed by atoms with E-state index in [1.54, 1.807) is 26.0 Å². The SMILES string of the molecule is C=C(Cc1ccc(NC(=O)OC(C)C)cc1O)OCC. The molecule has 0 saturated carbocycles. The summed E-state index contributed by atoms with van der Waals surface area (Å²) in [7, 11) is 0. The Morgan fingerprint density at radius 2 is 2.15 bits per heavy atom. The third-order valence-electron chi connectivity index (χ3n) is 2.41. The van der Waals surface area contributed by atoms with Crippen LogP contribution in [0, 0.1) is 0 Å². The van der Waals surface area contributed by atoms with E-state index in [1.165, 1.54) is 6.07 Å². The van der Waals surface area contributed by atoms with Crippen molar-refractivity contribution in [3.05, 3.63) is 36.1 Å². The number of hydrogen-bond donors (Lipinski definition) is 2.